The molecule has 1 aliphatic carbocycles. The molecule has 0 radical (unpaired) electrons. The highest BCUT2D eigenvalue weighted by atomic mass is 16.3. The number of piperidine rings is 1. The molecule has 2 atom stereocenters. The Hall–Kier alpha value is -1.53. The van der Waals surface area contributed by atoms with E-state index in [4.69, 9.17) is 0 Å². The van der Waals surface area contributed by atoms with E-state index in [0.29, 0.717) is 13.1 Å². The minimum atomic E-state index is -0.537. The van der Waals surface area contributed by atoms with Crippen molar-refractivity contribution in [2.45, 2.75) is 64.6 Å². The molecule has 1 aliphatic heterocycles. The average Bonchev–Trinajstić information content (AvgIpc) is 2.58. The first-order chi connectivity index (χ1) is 12.0. The van der Waals surface area contributed by atoms with Crippen LogP contribution in [0.1, 0.15) is 50.5 Å². The lowest BCUT2D eigenvalue weighted by molar-refractivity contribution is -0.128. The van der Waals surface area contributed by atoms with Gasteiger partial charge in [0.05, 0.1) is 18.7 Å². The van der Waals surface area contributed by atoms with Gasteiger partial charge in [0.15, 0.2) is 0 Å². The van der Waals surface area contributed by atoms with Crippen LogP contribution >= 0.6 is 0 Å². The molecule has 2 fully saturated rings. The number of amides is 1. The van der Waals surface area contributed by atoms with E-state index < -0.39 is 6.10 Å². The first-order valence-electron chi connectivity index (χ1n) is 9.50. The number of nitrogens with one attached hydrogen (secondary N) is 1. The highest BCUT2D eigenvalue weighted by molar-refractivity contribution is 5.79. The molecule has 3 rings (SSSR count). The fourth-order valence-corrected chi connectivity index (χ4v) is 3.91. The van der Waals surface area contributed by atoms with E-state index in [0.717, 1.165) is 56.1 Å². The van der Waals surface area contributed by atoms with Crippen LogP contribution in [-0.4, -0.2) is 51.1 Å². The molecule has 1 saturated heterocycles. The van der Waals surface area contributed by atoms with Crippen molar-refractivity contribution in [3.63, 3.8) is 0 Å². The number of carbonyl (C=O) groups is 1. The van der Waals surface area contributed by atoms with Gasteiger partial charge in [-0.2, -0.15) is 0 Å². The lowest BCUT2D eigenvalue weighted by Gasteiger charge is -2.37. The van der Waals surface area contributed by atoms with Gasteiger partial charge in [-0.3, -0.25) is 9.69 Å². The van der Waals surface area contributed by atoms with E-state index in [9.17, 15) is 9.90 Å². The quantitative estimate of drug-likeness (QED) is 0.867. The zero-order valence-corrected chi connectivity index (χ0v) is 15.3. The van der Waals surface area contributed by atoms with Crippen LogP contribution in [0.2, 0.25) is 0 Å². The minimum absolute atomic E-state index is 0.127. The van der Waals surface area contributed by atoms with Crippen molar-refractivity contribution in [3.05, 3.63) is 23.8 Å². The van der Waals surface area contributed by atoms with E-state index in [1.807, 2.05) is 13.0 Å². The molecule has 25 heavy (non-hydrogen) atoms. The molecule has 0 spiro atoms. The first kappa shape index (κ1) is 18.3. The van der Waals surface area contributed by atoms with Crippen molar-refractivity contribution >= 4 is 5.91 Å². The highest BCUT2D eigenvalue weighted by Crippen LogP contribution is 2.28. The number of aromatic nitrogens is 2. The maximum absolute atomic E-state index is 12.5. The molecule has 2 unspecified atom stereocenters. The monoisotopic (exact) mass is 346 g/mol. The van der Waals surface area contributed by atoms with Crippen molar-refractivity contribution in [3.8, 4) is 0 Å². The van der Waals surface area contributed by atoms with Crippen LogP contribution in [-0.2, 0) is 11.3 Å². The van der Waals surface area contributed by atoms with Gasteiger partial charge in [0.25, 0.3) is 0 Å². The van der Waals surface area contributed by atoms with Crippen LogP contribution in [0.15, 0.2) is 12.3 Å². The summed E-state index contributed by atoms with van der Waals surface area (Å²) in [6, 6.07) is 1.74. The molecule has 6 nitrogen and oxygen atoms in total. The summed E-state index contributed by atoms with van der Waals surface area (Å²) in [4.78, 5) is 23.3. The van der Waals surface area contributed by atoms with E-state index in [1.54, 1.807) is 6.20 Å². The third-order valence-electron chi connectivity index (χ3n) is 5.59. The van der Waals surface area contributed by atoms with Gasteiger partial charge in [-0.1, -0.05) is 6.92 Å². The molecule has 1 aromatic heterocycles. The van der Waals surface area contributed by atoms with Gasteiger partial charge < -0.3 is 10.4 Å². The van der Waals surface area contributed by atoms with E-state index in [-0.39, 0.29) is 17.9 Å². The van der Waals surface area contributed by atoms with Gasteiger partial charge in [-0.25, -0.2) is 9.97 Å². The fraction of sp³-hybridized carbons (Fsp3) is 0.737. The number of nitrogens with zero attached hydrogens (tertiary/aromatic N) is 3. The summed E-state index contributed by atoms with van der Waals surface area (Å²) < 4.78 is 0. The van der Waals surface area contributed by atoms with Crippen molar-refractivity contribution in [1.82, 2.24) is 20.2 Å². The maximum Gasteiger partial charge on any atom is 0.223 e. The van der Waals surface area contributed by atoms with Crippen molar-refractivity contribution < 1.29 is 9.90 Å². The molecule has 138 valence electrons. The summed E-state index contributed by atoms with van der Waals surface area (Å²) in [5.41, 5.74) is 0.953. The number of likely N-dealkylation sites (tertiary alicyclic amines) is 1. The zero-order valence-electron chi connectivity index (χ0n) is 15.3. The predicted molar refractivity (Wildman–Crippen MR) is 95.7 cm³/mol. The summed E-state index contributed by atoms with van der Waals surface area (Å²) in [7, 11) is 0. The van der Waals surface area contributed by atoms with Gasteiger partial charge in [0, 0.05) is 30.9 Å². The Balaban J connectivity index is 1.47. The van der Waals surface area contributed by atoms with Crippen molar-refractivity contribution in [2.24, 2.45) is 11.8 Å². The van der Waals surface area contributed by atoms with Crippen LogP contribution in [0.5, 0.6) is 0 Å². The van der Waals surface area contributed by atoms with Crippen LogP contribution in [0, 0.1) is 18.8 Å². The van der Waals surface area contributed by atoms with Gasteiger partial charge in [-0.15, -0.1) is 0 Å². The number of aliphatic hydroxyl groups is 1. The molecule has 2 N–H and O–H groups in total. The number of hydrogen-bond donors (Lipinski definition) is 2. The van der Waals surface area contributed by atoms with E-state index in [1.165, 1.54) is 0 Å². The Labute approximate surface area is 150 Å². The third-order valence-corrected chi connectivity index (χ3v) is 5.59. The summed E-state index contributed by atoms with van der Waals surface area (Å²) in [6.07, 6.45) is 6.23. The highest BCUT2D eigenvalue weighted by Gasteiger charge is 2.32. The summed E-state index contributed by atoms with van der Waals surface area (Å²) >= 11 is 0. The Kier molecular flexibility index (Phi) is 6.02. The number of rotatable bonds is 4. The Morgan fingerprint density at radius 1 is 1.32 bits per heavy atom. The lowest BCUT2D eigenvalue weighted by atomic mass is 9.82. The van der Waals surface area contributed by atoms with E-state index in [2.05, 4.69) is 27.1 Å². The topological polar surface area (TPSA) is 78.4 Å². The van der Waals surface area contributed by atoms with Crippen LogP contribution in [0.25, 0.3) is 0 Å². The normalized spacial score (nSPS) is 30.8. The van der Waals surface area contributed by atoms with Gasteiger partial charge in [0.1, 0.15) is 5.82 Å². The fourth-order valence-electron chi connectivity index (χ4n) is 3.91. The molecular formula is C19H30N4O2. The Bertz CT molecular complexity index is 587. The summed E-state index contributed by atoms with van der Waals surface area (Å²) in [5.74, 6) is 1.78. The minimum Gasteiger partial charge on any atom is -0.390 e. The number of β-amino-alcohol motifs (C(OH)–C–C–N with tert-alkyl or cyclic N) is 1. The molecule has 2 aliphatic rings. The lowest BCUT2D eigenvalue weighted by Crippen LogP contribution is -2.55. The standard InChI is InChI=1S/C19H30N4O2/c1-13-3-5-15(6-4-13)19(25)22-16-8-10-23(11-17(16)24)12-18-20-9-7-14(2)21-18/h7,9,13,15-17,24H,3-6,8,10-12H2,1-2H3,(H,22,25). The maximum atomic E-state index is 12.5. The summed E-state index contributed by atoms with van der Waals surface area (Å²) in [5, 5.41) is 13.6. The number of hydrogen-bond acceptors (Lipinski definition) is 5. The Morgan fingerprint density at radius 2 is 2.08 bits per heavy atom. The van der Waals surface area contributed by atoms with Gasteiger partial charge in [0.2, 0.25) is 5.91 Å². The van der Waals surface area contributed by atoms with Gasteiger partial charge >= 0.3 is 0 Å². The molecule has 1 aromatic rings. The van der Waals surface area contributed by atoms with Gasteiger partial charge in [-0.05, 0) is 51.0 Å². The molecule has 2 heterocycles. The van der Waals surface area contributed by atoms with Crippen LogP contribution < -0.4 is 5.32 Å². The number of aliphatic hydroxyl groups excluding tert-OH is 1. The second kappa shape index (κ2) is 8.23. The molecule has 0 bridgehead atoms. The van der Waals surface area contributed by atoms with E-state index >= 15 is 0 Å². The second-order valence-corrected chi connectivity index (χ2v) is 7.78. The largest absolute Gasteiger partial charge is 0.390 e. The van der Waals surface area contributed by atoms with Crippen LogP contribution in [0.3, 0.4) is 0 Å². The molecule has 1 amide bonds. The molecule has 1 saturated carbocycles. The number of carbonyl (C=O) groups excluding carboxylic acids is 1. The zero-order chi connectivity index (χ0) is 17.8. The summed E-state index contributed by atoms with van der Waals surface area (Å²) in [6.45, 7) is 6.23. The Morgan fingerprint density at radius 3 is 2.76 bits per heavy atom. The first-order valence-corrected chi connectivity index (χ1v) is 9.50. The third kappa shape index (κ3) is 4.98. The smallest absolute Gasteiger partial charge is 0.223 e. The second-order valence-electron chi connectivity index (χ2n) is 7.78. The average molecular weight is 346 g/mol. The molecular weight excluding hydrogens is 316 g/mol. The SMILES string of the molecule is Cc1ccnc(CN2CCC(NC(=O)C3CCC(C)CC3)C(O)C2)n1. The number of aryl methyl sites for hydroxylation is 1. The molecule has 6 heteroatoms. The van der Waals surface area contributed by atoms with Crippen molar-refractivity contribution in [1.29, 1.82) is 0 Å². The van der Waals surface area contributed by atoms with Crippen LogP contribution in [0.4, 0.5) is 0 Å². The molecule has 0 aromatic carbocycles. The predicted octanol–water partition coefficient (Wildman–Crippen LogP) is 1.66. The van der Waals surface area contributed by atoms with Crippen molar-refractivity contribution in [2.75, 3.05) is 13.1 Å².